The van der Waals surface area contributed by atoms with E-state index in [1.54, 1.807) is 5.38 Å². The zero-order valence-electron chi connectivity index (χ0n) is 9.38. The number of phenolic OH excluding ortho intramolecular Hbond substituents is 1. The summed E-state index contributed by atoms with van der Waals surface area (Å²) in [5.41, 5.74) is 0.456. The van der Waals surface area contributed by atoms with Crippen molar-refractivity contribution in [3.05, 3.63) is 45.1 Å². The maximum absolute atomic E-state index is 11.9. The monoisotopic (exact) mass is 297 g/mol. The van der Waals surface area contributed by atoms with Gasteiger partial charge in [0.25, 0.3) is 5.91 Å². The summed E-state index contributed by atoms with van der Waals surface area (Å²) in [7, 11) is 0. The number of anilines is 1. The lowest BCUT2D eigenvalue weighted by Gasteiger charge is -2.05. The Labute approximate surface area is 117 Å². The third-order valence-electron chi connectivity index (χ3n) is 2.32. The highest BCUT2D eigenvalue weighted by molar-refractivity contribution is 7.12. The number of aromatic hydroxyl groups is 1. The smallest absolute Gasteiger partial charge is 0.348 e. The fourth-order valence-electron chi connectivity index (χ4n) is 1.42. The number of carboxylic acids is 1. The molecule has 1 aromatic carbocycles. The van der Waals surface area contributed by atoms with Gasteiger partial charge in [0, 0.05) is 5.56 Å². The second-order valence-electron chi connectivity index (χ2n) is 3.59. The first-order valence-corrected chi connectivity index (χ1v) is 6.35. The standard InChI is InChI=1S/C12H8ClNO4S/c13-7-5-6(1-2-9(7)15)11(16)14-8-3-4-19-10(8)12(17)18/h1-5,15H,(H,14,16)(H,17,18). The molecule has 0 aliphatic carbocycles. The van der Waals surface area contributed by atoms with E-state index >= 15 is 0 Å². The summed E-state index contributed by atoms with van der Waals surface area (Å²) < 4.78 is 0. The van der Waals surface area contributed by atoms with Crippen molar-refractivity contribution in [2.45, 2.75) is 0 Å². The molecular formula is C12H8ClNO4S. The first-order chi connectivity index (χ1) is 8.99. The number of aromatic carboxylic acids is 1. The molecule has 19 heavy (non-hydrogen) atoms. The molecule has 1 amide bonds. The zero-order valence-corrected chi connectivity index (χ0v) is 11.0. The molecule has 0 bridgehead atoms. The number of benzene rings is 1. The van der Waals surface area contributed by atoms with Crippen LogP contribution >= 0.6 is 22.9 Å². The Balaban J connectivity index is 2.23. The van der Waals surface area contributed by atoms with Gasteiger partial charge in [-0.15, -0.1) is 11.3 Å². The Bertz CT molecular complexity index is 653. The summed E-state index contributed by atoms with van der Waals surface area (Å²) in [6, 6.07) is 5.50. The van der Waals surface area contributed by atoms with Gasteiger partial charge in [-0.3, -0.25) is 4.79 Å². The number of hydrogen-bond donors (Lipinski definition) is 3. The third-order valence-corrected chi connectivity index (χ3v) is 3.52. The van der Waals surface area contributed by atoms with E-state index in [2.05, 4.69) is 5.32 Å². The second kappa shape index (κ2) is 5.29. The molecule has 0 fully saturated rings. The van der Waals surface area contributed by atoms with Crippen LogP contribution in [-0.4, -0.2) is 22.1 Å². The third kappa shape index (κ3) is 2.86. The van der Waals surface area contributed by atoms with Crippen LogP contribution in [0.5, 0.6) is 5.75 Å². The van der Waals surface area contributed by atoms with E-state index in [1.807, 2.05) is 0 Å². The quantitative estimate of drug-likeness (QED) is 0.812. The summed E-state index contributed by atoms with van der Waals surface area (Å²) in [5.74, 6) is -1.73. The minimum atomic E-state index is -1.10. The van der Waals surface area contributed by atoms with Gasteiger partial charge in [-0.05, 0) is 29.6 Å². The van der Waals surface area contributed by atoms with E-state index in [4.69, 9.17) is 16.7 Å². The van der Waals surface area contributed by atoms with Crippen molar-refractivity contribution < 1.29 is 19.8 Å². The SMILES string of the molecule is O=C(Nc1ccsc1C(=O)O)c1ccc(O)c(Cl)c1. The van der Waals surface area contributed by atoms with Gasteiger partial charge < -0.3 is 15.5 Å². The number of phenols is 1. The highest BCUT2D eigenvalue weighted by atomic mass is 35.5. The minimum absolute atomic E-state index is 0.0522. The number of carboxylic acid groups (broad SMARTS) is 1. The van der Waals surface area contributed by atoms with Crippen LogP contribution < -0.4 is 5.32 Å². The molecule has 1 aromatic heterocycles. The average molecular weight is 298 g/mol. The van der Waals surface area contributed by atoms with Gasteiger partial charge in [-0.1, -0.05) is 11.6 Å². The number of carbonyl (C=O) groups excluding carboxylic acids is 1. The predicted octanol–water partition coefficient (Wildman–Crippen LogP) is 3.06. The lowest BCUT2D eigenvalue weighted by molar-refractivity contribution is 0.0703. The van der Waals surface area contributed by atoms with Crippen LogP contribution in [0.15, 0.2) is 29.6 Å². The van der Waals surface area contributed by atoms with Crippen molar-refractivity contribution in [3.63, 3.8) is 0 Å². The lowest BCUT2D eigenvalue weighted by atomic mass is 10.2. The van der Waals surface area contributed by atoms with E-state index in [0.717, 1.165) is 11.3 Å². The number of amides is 1. The highest BCUT2D eigenvalue weighted by Gasteiger charge is 2.15. The van der Waals surface area contributed by atoms with Crippen LogP contribution in [-0.2, 0) is 0 Å². The maximum Gasteiger partial charge on any atom is 0.348 e. The van der Waals surface area contributed by atoms with Crippen molar-refractivity contribution in [2.75, 3.05) is 5.32 Å². The van der Waals surface area contributed by atoms with Gasteiger partial charge in [0.2, 0.25) is 0 Å². The molecule has 0 saturated heterocycles. The van der Waals surface area contributed by atoms with Gasteiger partial charge in [-0.2, -0.15) is 0 Å². The fourth-order valence-corrected chi connectivity index (χ4v) is 2.28. The molecule has 0 atom stereocenters. The molecule has 3 N–H and O–H groups in total. The maximum atomic E-state index is 11.9. The summed E-state index contributed by atoms with van der Waals surface area (Å²) in [6.45, 7) is 0. The van der Waals surface area contributed by atoms with Crippen molar-refractivity contribution >= 4 is 40.5 Å². The van der Waals surface area contributed by atoms with Crippen LogP contribution in [0, 0.1) is 0 Å². The second-order valence-corrected chi connectivity index (χ2v) is 4.91. The molecule has 5 nitrogen and oxygen atoms in total. The van der Waals surface area contributed by atoms with Crippen LogP contribution in [0.1, 0.15) is 20.0 Å². The number of rotatable bonds is 3. The Morgan fingerprint density at radius 2 is 2.00 bits per heavy atom. The van der Waals surface area contributed by atoms with Gasteiger partial charge in [-0.25, -0.2) is 4.79 Å². The van der Waals surface area contributed by atoms with E-state index in [-0.39, 0.29) is 26.9 Å². The fraction of sp³-hybridized carbons (Fsp3) is 0. The molecule has 2 aromatic rings. The summed E-state index contributed by atoms with van der Waals surface area (Å²) in [4.78, 5) is 22.9. The van der Waals surface area contributed by atoms with Crippen molar-refractivity contribution in [3.8, 4) is 5.75 Å². The number of carbonyl (C=O) groups is 2. The van der Waals surface area contributed by atoms with Crippen molar-refractivity contribution in [1.29, 1.82) is 0 Å². The van der Waals surface area contributed by atoms with Crippen LogP contribution in [0.2, 0.25) is 5.02 Å². The number of nitrogens with one attached hydrogen (secondary N) is 1. The molecular weight excluding hydrogens is 290 g/mol. The topological polar surface area (TPSA) is 86.6 Å². The number of halogens is 1. The molecule has 0 saturated carbocycles. The van der Waals surface area contributed by atoms with Crippen LogP contribution in [0.3, 0.4) is 0 Å². The number of thiophene rings is 1. The van der Waals surface area contributed by atoms with E-state index < -0.39 is 11.9 Å². The summed E-state index contributed by atoms with van der Waals surface area (Å²) >= 11 is 6.72. The highest BCUT2D eigenvalue weighted by Crippen LogP contribution is 2.26. The molecule has 0 aliphatic heterocycles. The van der Waals surface area contributed by atoms with Gasteiger partial charge >= 0.3 is 5.97 Å². The van der Waals surface area contributed by atoms with Gasteiger partial charge in [0.05, 0.1) is 10.7 Å². The largest absolute Gasteiger partial charge is 0.506 e. The van der Waals surface area contributed by atoms with Crippen LogP contribution in [0.4, 0.5) is 5.69 Å². The van der Waals surface area contributed by atoms with Gasteiger partial charge in [0.1, 0.15) is 10.6 Å². The van der Waals surface area contributed by atoms with Gasteiger partial charge in [0.15, 0.2) is 0 Å². The predicted molar refractivity (Wildman–Crippen MR) is 72.3 cm³/mol. The van der Waals surface area contributed by atoms with E-state index in [9.17, 15) is 14.7 Å². The first kappa shape index (κ1) is 13.4. The molecule has 0 aliphatic rings. The summed E-state index contributed by atoms with van der Waals surface area (Å²) in [6.07, 6.45) is 0. The lowest BCUT2D eigenvalue weighted by Crippen LogP contribution is -2.13. The molecule has 7 heteroatoms. The first-order valence-electron chi connectivity index (χ1n) is 5.09. The normalized spacial score (nSPS) is 10.2. The molecule has 1 heterocycles. The number of hydrogen-bond acceptors (Lipinski definition) is 4. The molecule has 0 unspecified atom stereocenters. The Morgan fingerprint density at radius 3 is 2.63 bits per heavy atom. The Hall–Kier alpha value is -2.05. The van der Waals surface area contributed by atoms with E-state index in [1.165, 1.54) is 24.3 Å². The van der Waals surface area contributed by atoms with Crippen LogP contribution in [0.25, 0.3) is 0 Å². The summed E-state index contributed by atoms with van der Waals surface area (Å²) in [5, 5.41) is 22.3. The van der Waals surface area contributed by atoms with Crippen molar-refractivity contribution in [1.82, 2.24) is 0 Å². The molecule has 0 radical (unpaired) electrons. The Kier molecular flexibility index (Phi) is 3.73. The molecule has 2 rings (SSSR count). The van der Waals surface area contributed by atoms with Crippen molar-refractivity contribution in [2.24, 2.45) is 0 Å². The van der Waals surface area contributed by atoms with E-state index in [0.29, 0.717) is 0 Å². The Morgan fingerprint density at radius 1 is 1.26 bits per heavy atom. The molecule has 98 valence electrons. The minimum Gasteiger partial charge on any atom is -0.506 e. The molecule has 0 spiro atoms. The average Bonchev–Trinajstić information content (AvgIpc) is 2.80. The zero-order chi connectivity index (χ0) is 14.0.